The Labute approximate surface area is 320 Å². The fraction of sp³-hybridized carbons (Fsp3) is 0. The molecule has 4 nitrogen and oxygen atoms in total. The molecule has 56 heavy (non-hydrogen) atoms. The minimum Gasteiger partial charge on any atom is -0.308 e. The molecule has 0 atom stereocenters. The zero-order chi connectivity index (χ0) is 36.5. The van der Waals surface area contributed by atoms with Crippen molar-refractivity contribution >= 4 is 92.3 Å². The summed E-state index contributed by atoms with van der Waals surface area (Å²) in [6.45, 7) is 0. The maximum atomic E-state index is 5.65. The zero-order valence-corrected chi connectivity index (χ0v) is 30.1. The molecule has 0 aliphatic carbocycles. The van der Waals surface area contributed by atoms with Crippen molar-refractivity contribution in [2.75, 3.05) is 0 Å². The highest BCUT2D eigenvalue weighted by molar-refractivity contribution is 6.37. The molecule has 4 aromatic heterocycles. The number of nitrogens with zero attached hydrogens (tertiary/aromatic N) is 4. The van der Waals surface area contributed by atoms with E-state index in [4.69, 9.17) is 9.97 Å². The maximum Gasteiger partial charge on any atom is 0.235 e. The minimum absolute atomic E-state index is 0.660. The molecule has 0 fully saturated rings. The molecule has 258 valence electrons. The molecule has 0 amide bonds. The average Bonchev–Trinajstić information content (AvgIpc) is 3.91. The summed E-state index contributed by atoms with van der Waals surface area (Å²) in [5.41, 5.74) is 11.1. The van der Waals surface area contributed by atoms with Crippen LogP contribution in [0.1, 0.15) is 0 Å². The summed E-state index contributed by atoms with van der Waals surface area (Å²) in [6, 6.07) is 65.7. The van der Waals surface area contributed by atoms with Crippen molar-refractivity contribution in [1.29, 1.82) is 0 Å². The number of rotatable bonds is 3. The lowest BCUT2D eigenvalue weighted by molar-refractivity contribution is 1.02. The first-order valence-electron chi connectivity index (χ1n) is 19.2. The average molecular weight is 711 g/mol. The predicted molar refractivity (Wildman–Crippen MR) is 234 cm³/mol. The first kappa shape index (κ1) is 29.8. The molecule has 0 saturated carbocycles. The van der Waals surface area contributed by atoms with E-state index in [1.54, 1.807) is 0 Å². The second-order valence-corrected chi connectivity index (χ2v) is 14.9. The topological polar surface area (TPSA) is 35.1 Å². The first-order valence-corrected chi connectivity index (χ1v) is 19.2. The van der Waals surface area contributed by atoms with Crippen LogP contribution in [0.3, 0.4) is 0 Å². The number of benzene rings is 9. The highest BCUT2D eigenvalue weighted by atomic mass is 15.2. The molecule has 0 spiro atoms. The van der Waals surface area contributed by atoms with Crippen molar-refractivity contribution in [2.24, 2.45) is 0 Å². The molecule has 9 aromatic carbocycles. The largest absolute Gasteiger partial charge is 0.308 e. The molecule has 0 aliphatic rings. The summed E-state index contributed by atoms with van der Waals surface area (Å²) in [5, 5.41) is 13.2. The van der Waals surface area contributed by atoms with Gasteiger partial charge in [0, 0.05) is 43.3 Å². The van der Waals surface area contributed by atoms with E-state index in [9.17, 15) is 0 Å². The van der Waals surface area contributed by atoms with E-state index < -0.39 is 0 Å². The van der Waals surface area contributed by atoms with Gasteiger partial charge in [0.25, 0.3) is 0 Å². The van der Waals surface area contributed by atoms with Crippen molar-refractivity contribution < 1.29 is 0 Å². The summed E-state index contributed by atoms with van der Waals surface area (Å²) < 4.78 is 4.82. The summed E-state index contributed by atoms with van der Waals surface area (Å²) in [4.78, 5) is 11.1. The third-order valence-electron chi connectivity index (χ3n) is 12.0. The SMILES string of the molecule is c1ccc(-c2ccc(-c3nc(-n4c5ccccc5c5cc6c7ccccc7n7c8ccc9ccccc9c8c(c54)c67)nc4ccc5ccccc5c34)cc2)cc1. The number of aromatic nitrogens is 4. The van der Waals surface area contributed by atoms with Gasteiger partial charge in [-0.2, -0.15) is 0 Å². The Kier molecular flexibility index (Phi) is 5.86. The van der Waals surface area contributed by atoms with Crippen molar-refractivity contribution in [2.45, 2.75) is 0 Å². The highest BCUT2D eigenvalue weighted by Gasteiger charge is 2.26. The molecule has 13 aromatic rings. The van der Waals surface area contributed by atoms with Crippen molar-refractivity contribution in [3.05, 3.63) is 182 Å². The van der Waals surface area contributed by atoms with Crippen LogP contribution in [0, 0.1) is 0 Å². The Morgan fingerprint density at radius 2 is 0.911 bits per heavy atom. The molecular weight excluding hydrogens is 681 g/mol. The Bertz CT molecular complexity index is 3740. The monoisotopic (exact) mass is 710 g/mol. The minimum atomic E-state index is 0.660. The van der Waals surface area contributed by atoms with Gasteiger partial charge in [-0.25, -0.2) is 9.97 Å². The molecule has 0 radical (unpaired) electrons. The van der Waals surface area contributed by atoms with Crippen LogP contribution in [0.15, 0.2) is 182 Å². The number of hydrogen-bond donors (Lipinski definition) is 0. The van der Waals surface area contributed by atoms with Crippen LogP contribution >= 0.6 is 0 Å². The van der Waals surface area contributed by atoms with Gasteiger partial charge in [-0.1, -0.05) is 152 Å². The summed E-state index contributed by atoms with van der Waals surface area (Å²) >= 11 is 0. The fourth-order valence-electron chi connectivity index (χ4n) is 9.63. The predicted octanol–water partition coefficient (Wildman–Crippen LogP) is 13.5. The van der Waals surface area contributed by atoms with E-state index in [0.717, 1.165) is 38.6 Å². The van der Waals surface area contributed by atoms with Crippen molar-refractivity contribution in [3.63, 3.8) is 0 Å². The molecule has 0 aliphatic heterocycles. The van der Waals surface area contributed by atoms with Gasteiger partial charge in [0.1, 0.15) is 0 Å². The lowest BCUT2D eigenvalue weighted by atomic mass is 9.98. The molecule has 4 heterocycles. The third-order valence-corrected chi connectivity index (χ3v) is 12.0. The Balaban J connectivity index is 1.21. The van der Waals surface area contributed by atoms with Gasteiger partial charge in [-0.15, -0.1) is 0 Å². The fourth-order valence-corrected chi connectivity index (χ4v) is 9.63. The Hall–Kier alpha value is -7.56. The highest BCUT2D eigenvalue weighted by Crippen LogP contribution is 2.48. The van der Waals surface area contributed by atoms with Gasteiger partial charge in [-0.3, -0.25) is 4.57 Å². The molecule has 4 heteroatoms. The van der Waals surface area contributed by atoms with Crippen molar-refractivity contribution in [1.82, 2.24) is 18.9 Å². The summed E-state index contributed by atoms with van der Waals surface area (Å²) in [5.74, 6) is 0.660. The van der Waals surface area contributed by atoms with Crippen LogP contribution in [0.2, 0.25) is 0 Å². The van der Waals surface area contributed by atoms with Crippen LogP contribution in [0.25, 0.3) is 121 Å². The Morgan fingerprint density at radius 1 is 0.339 bits per heavy atom. The molecular formula is C52H30N4. The van der Waals surface area contributed by atoms with Crippen LogP contribution in [-0.2, 0) is 0 Å². The number of para-hydroxylation sites is 2. The molecule has 0 N–H and O–H groups in total. The molecule has 0 saturated heterocycles. The summed E-state index contributed by atoms with van der Waals surface area (Å²) in [6.07, 6.45) is 0. The lowest BCUT2D eigenvalue weighted by Crippen LogP contribution is -2.04. The van der Waals surface area contributed by atoms with Crippen LogP contribution in [0.5, 0.6) is 0 Å². The second kappa shape index (κ2) is 11.0. The lowest BCUT2D eigenvalue weighted by Gasteiger charge is -2.14. The number of hydrogen-bond acceptors (Lipinski definition) is 2. The molecule has 0 bridgehead atoms. The standard InChI is InChI=1S/C52H30N4/c1-2-12-31(13-3-1)32-22-24-35(25-23-32)49-46-36-16-6-4-14-33(36)26-28-42(46)53-52(54-49)56-44-21-11-9-19-39(44)41-30-40-38-18-8-10-20-43(38)55-45-29-27-34-15-5-7-17-37(34)47(45)48(50(40)55)51(41)56/h1-30H. The second-order valence-electron chi connectivity index (χ2n) is 14.9. The van der Waals surface area contributed by atoms with Gasteiger partial charge in [-0.05, 0) is 63.0 Å². The maximum absolute atomic E-state index is 5.65. The van der Waals surface area contributed by atoms with E-state index in [-0.39, 0.29) is 0 Å². The van der Waals surface area contributed by atoms with Crippen LogP contribution in [0.4, 0.5) is 0 Å². The molecule has 0 unspecified atom stereocenters. The number of fused-ring (bicyclic) bond motifs is 15. The van der Waals surface area contributed by atoms with E-state index in [0.29, 0.717) is 5.95 Å². The van der Waals surface area contributed by atoms with Crippen LogP contribution < -0.4 is 0 Å². The van der Waals surface area contributed by atoms with Gasteiger partial charge < -0.3 is 4.40 Å². The van der Waals surface area contributed by atoms with E-state index >= 15 is 0 Å². The van der Waals surface area contributed by atoms with Crippen LogP contribution in [-0.4, -0.2) is 18.9 Å². The molecule has 13 rings (SSSR count). The summed E-state index contributed by atoms with van der Waals surface area (Å²) in [7, 11) is 0. The van der Waals surface area contributed by atoms with E-state index in [2.05, 4.69) is 191 Å². The first-order chi connectivity index (χ1) is 27.8. The Morgan fingerprint density at radius 3 is 1.68 bits per heavy atom. The van der Waals surface area contributed by atoms with Gasteiger partial charge >= 0.3 is 0 Å². The third kappa shape index (κ3) is 3.92. The smallest absolute Gasteiger partial charge is 0.235 e. The van der Waals surface area contributed by atoms with Gasteiger partial charge in [0.05, 0.1) is 38.8 Å². The van der Waals surface area contributed by atoms with E-state index in [1.165, 1.54) is 76.2 Å². The quantitative estimate of drug-likeness (QED) is 0.171. The van der Waals surface area contributed by atoms with Crippen molar-refractivity contribution in [3.8, 4) is 28.3 Å². The van der Waals surface area contributed by atoms with Gasteiger partial charge in [0.2, 0.25) is 5.95 Å². The zero-order valence-electron chi connectivity index (χ0n) is 30.1. The van der Waals surface area contributed by atoms with E-state index in [1.807, 2.05) is 0 Å². The van der Waals surface area contributed by atoms with Gasteiger partial charge in [0.15, 0.2) is 0 Å². The normalized spacial score (nSPS) is 12.3.